The number of rotatable bonds is 7. The minimum absolute atomic E-state index is 0.0458. The van der Waals surface area contributed by atoms with E-state index in [-0.39, 0.29) is 31.3 Å². The van der Waals surface area contributed by atoms with Crippen molar-refractivity contribution in [1.82, 2.24) is 15.1 Å². The molecule has 1 N–H and O–H groups in total. The van der Waals surface area contributed by atoms with Gasteiger partial charge in [-0.3, -0.25) is 9.69 Å². The zero-order valence-corrected chi connectivity index (χ0v) is 16.0. The fraction of sp³-hybridized carbons (Fsp3) is 0.778. The molecule has 1 rings (SSSR count). The molecule has 1 fully saturated rings. The van der Waals surface area contributed by atoms with Crippen molar-refractivity contribution in [3.05, 3.63) is 0 Å². The second-order valence-corrected chi connectivity index (χ2v) is 7.39. The quantitative estimate of drug-likeness (QED) is 0.736. The number of hydrogen-bond acceptors (Lipinski definition) is 6. The molecule has 144 valence electrons. The smallest absolute Gasteiger partial charge is 0.407 e. The Bertz CT molecular complexity index is 533. The molecule has 1 aliphatic heterocycles. The third-order valence-corrected chi connectivity index (χ3v) is 4.01. The number of carbonyl (C=O) groups is 2. The summed E-state index contributed by atoms with van der Waals surface area (Å²) in [6, 6.07) is 4.11. The number of piperidine rings is 1. The summed E-state index contributed by atoms with van der Waals surface area (Å²) < 4.78 is 5.26. The molecule has 0 aromatic heterocycles. The maximum atomic E-state index is 12.4. The lowest BCUT2D eigenvalue weighted by atomic mass is 10.1. The first-order chi connectivity index (χ1) is 12.2. The van der Waals surface area contributed by atoms with E-state index >= 15 is 0 Å². The molecule has 2 amide bonds. The van der Waals surface area contributed by atoms with Crippen LogP contribution in [0.15, 0.2) is 0 Å². The van der Waals surface area contributed by atoms with Crippen LogP contribution in [0.2, 0.25) is 0 Å². The van der Waals surface area contributed by atoms with Gasteiger partial charge in [0.2, 0.25) is 5.91 Å². The molecule has 0 spiro atoms. The van der Waals surface area contributed by atoms with Gasteiger partial charge in [-0.25, -0.2) is 4.79 Å². The number of nitrogens with zero attached hydrogens (tertiary/aromatic N) is 4. The molecule has 0 aromatic rings. The molecular formula is C18H29N5O3. The van der Waals surface area contributed by atoms with Crippen molar-refractivity contribution >= 4 is 12.0 Å². The van der Waals surface area contributed by atoms with Crippen LogP contribution >= 0.6 is 0 Å². The van der Waals surface area contributed by atoms with Crippen LogP contribution in [-0.4, -0.2) is 66.2 Å². The van der Waals surface area contributed by atoms with Crippen LogP contribution in [0.5, 0.6) is 0 Å². The minimum atomic E-state index is -0.520. The van der Waals surface area contributed by atoms with E-state index in [0.717, 1.165) is 12.8 Å². The maximum Gasteiger partial charge on any atom is 0.407 e. The summed E-state index contributed by atoms with van der Waals surface area (Å²) in [6.07, 6.45) is 1.62. The van der Waals surface area contributed by atoms with Gasteiger partial charge in [-0.05, 0) is 33.6 Å². The van der Waals surface area contributed by atoms with Gasteiger partial charge < -0.3 is 15.0 Å². The number of amides is 2. The number of alkyl carbamates (subject to hydrolysis) is 1. The number of carbonyl (C=O) groups excluding carboxylic acids is 2. The minimum Gasteiger partial charge on any atom is -0.444 e. The predicted molar refractivity (Wildman–Crippen MR) is 95.9 cm³/mol. The Hall–Kier alpha value is -2.32. The largest absolute Gasteiger partial charge is 0.444 e. The Balaban J connectivity index is 2.40. The van der Waals surface area contributed by atoms with Crippen LogP contribution in [0.25, 0.3) is 0 Å². The summed E-state index contributed by atoms with van der Waals surface area (Å²) in [5.41, 5.74) is -0.520. The van der Waals surface area contributed by atoms with Gasteiger partial charge in [0.25, 0.3) is 0 Å². The molecule has 0 bridgehead atoms. The fourth-order valence-electron chi connectivity index (χ4n) is 2.73. The average molecular weight is 363 g/mol. The summed E-state index contributed by atoms with van der Waals surface area (Å²) in [6.45, 7) is 7.87. The first kappa shape index (κ1) is 21.7. The van der Waals surface area contributed by atoms with E-state index in [2.05, 4.69) is 5.32 Å². The fourth-order valence-corrected chi connectivity index (χ4v) is 2.73. The molecule has 8 nitrogen and oxygen atoms in total. The summed E-state index contributed by atoms with van der Waals surface area (Å²) in [5, 5.41) is 20.3. The first-order valence-electron chi connectivity index (χ1n) is 8.98. The maximum absolute atomic E-state index is 12.4. The van der Waals surface area contributed by atoms with E-state index in [1.165, 1.54) is 0 Å². The number of ether oxygens (including phenoxy) is 1. The van der Waals surface area contributed by atoms with Gasteiger partial charge in [0.05, 0.1) is 31.5 Å². The summed E-state index contributed by atoms with van der Waals surface area (Å²) >= 11 is 0. The average Bonchev–Trinajstić information content (AvgIpc) is 2.55. The van der Waals surface area contributed by atoms with Crippen LogP contribution in [-0.2, 0) is 9.53 Å². The van der Waals surface area contributed by atoms with Gasteiger partial charge in [0, 0.05) is 32.2 Å². The van der Waals surface area contributed by atoms with Gasteiger partial charge in [0.1, 0.15) is 5.60 Å². The SMILES string of the molecule is CC(C)(C)OC(=O)NC1CCN(CC(=O)N(CCC#N)CCC#N)CC1. The van der Waals surface area contributed by atoms with E-state index in [4.69, 9.17) is 15.3 Å². The zero-order chi connectivity index (χ0) is 19.6. The molecule has 0 radical (unpaired) electrons. The predicted octanol–water partition coefficient (Wildman–Crippen LogP) is 1.63. The number of nitriles is 2. The zero-order valence-electron chi connectivity index (χ0n) is 16.0. The summed E-state index contributed by atoms with van der Waals surface area (Å²) in [7, 11) is 0. The van der Waals surface area contributed by atoms with Gasteiger partial charge in [-0.1, -0.05) is 0 Å². The molecule has 0 aromatic carbocycles. The first-order valence-corrected chi connectivity index (χ1v) is 8.98. The lowest BCUT2D eigenvalue weighted by Gasteiger charge is -2.33. The third-order valence-electron chi connectivity index (χ3n) is 4.01. The van der Waals surface area contributed by atoms with E-state index in [0.29, 0.717) is 26.2 Å². The normalized spacial score (nSPS) is 15.6. The van der Waals surface area contributed by atoms with Crippen molar-refractivity contribution in [3.63, 3.8) is 0 Å². The van der Waals surface area contributed by atoms with Crippen LogP contribution in [0.3, 0.4) is 0 Å². The van der Waals surface area contributed by atoms with E-state index < -0.39 is 11.7 Å². The Morgan fingerprint density at radius 3 is 2.15 bits per heavy atom. The highest BCUT2D eigenvalue weighted by Gasteiger charge is 2.25. The van der Waals surface area contributed by atoms with E-state index in [1.54, 1.807) is 4.90 Å². The lowest BCUT2D eigenvalue weighted by Crippen LogP contribution is -2.49. The number of hydrogen-bond donors (Lipinski definition) is 1. The van der Waals surface area contributed by atoms with Crippen molar-refractivity contribution < 1.29 is 14.3 Å². The van der Waals surface area contributed by atoms with Crippen LogP contribution in [0, 0.1) is 22.7 Å². The molecular weight excluding hydrogens is 334 g/mol. The molecule has 26 heavy (non-hydrogen) atoms. The molecule has 8 heteroatoms. The monoisotopic (exact) mass is 363 g/mol. The molecule has 0 aliphatic carbocycles. The lowest BCUT2D eigenvalue weighted by molar-refractivity contribution is -0.132. The van der Waals surface area contributed by atoms with Crippen LogP contribution < -0.4 is 5.32 Å². The van der Waals surface area contributed by atoms with Gasteiger partial charge in [-0.2, -0.15) is 10.5 Å². The second kappa shape index (κ2) is 10.6. The number of nitrogens with one attached hydrogen (secondary N) is 1. The molecule has 1 heterocycles. The van der Waals surface area contributed by atoms with E-state index in [1.807, 2.05) is 37.8 Å². The highest BCUT2D eigenvalue weighted by Crippen LogP contribution is 2.13. The van der Waals surface area contributed by atoms with Crippen molar-refractivity contribution in [3.8, 4) is 12.1 Å². The van der Waals surface area contributed by atoms with Gasteiger partial charge in [-0.15, -0.1) is 0 Å². The molecule has 0 atom stereocenters. The van der Waals surface area contributed by atoms with Gasteiger partial charge in [0.15, 0.2) is 0 Å². The Morgan fingerprint density at radius 2 is 1.69 bits per heavy atom. The highest BCUT2D eigenvalue weighted by molar-refractivity contribution is 5.78. The third kappa shape index (κ3) is 8.68. The summed E-state index contributed by atoms with van der Waals surface area (Å²) in [4.78, 5) is 27.9. The van der Waals surface area contributed by atoms with Crippen molar-refractivity contribution in [2.45, 2.75) is 58.1 Å². The van der Waals surface area contributed by atoms with Crippen molar-refractivity contribution in [2.24, 2.45) is 0 Å². The Labute approximate surface area is 155 Å². The molecule has 1 aliphatic rings. The van der Waals surface area contributed by atoms with Crippen molar-refractivity contribution in [2.75, 3.05) is 32.7 Å². The molecule has 1 saturated heterocycles. The van der Waals surface area contributed by atoms with Crippen LogP contribution in [0.4, 0.5) is 4.79 Å². The topological polar surface area (TPSA) is 109 Å². The Morgan fingerprint density at radius 1 is 1.15 bits per heavy atom. The summed E-state index contributed by atoms with van der Waals surface area (Å²) in [5.74, 6) is -0.0611. The second-order valence-electron chi connectivity index (χ2n) is 7.39. The standard InChI is InChI=1S/C18H29N5O3/c1-18(2,3)26-17(25)21-15-6-12-22(13-7-15)14-16(24)23(10-4-8-19)11-5-9-20/h15H,4-7,10-14H2,1-3H3,(H,21,25). The van der Waals surface area contributed by atoms with Crippen molar-refractivity contribution in [1.29, 1.82) is 10.5 Å². The molecule has 0 saturated carbocycles. The van der Waals surface area contributed by atoms with E-state index in [9.17, 15) is 9.59 Å². The molecule has 0 unspecified atom stereocenters. The highest BCUT2D eigenvalue weighted by atomic mass is 16.6. The number of likely N-dealkylation sites (tertiary alicyclic amines) is 1. The van der Waals surface area contributed by atoms with Crippen LogP contribution in [0.1, 0.15) is 46.5 Å². The van der Waals surface area contributed by atoms with Gasteiger partial charge >= 0.3 is 6.09 Å². The Kier molecular flexibility index (Phi) is 8.87.